The van der Waals surface area contributed by atoms with Crippen LogP contribution in [0.1, 0.15) is 75.1 Å². The first-order chi connectivity index (χ1) is 16.5. The van der Waals surface area contributed by atoms with Gasteiger partial charge in [-0.25, -0.2) is 0 Å². The van der Waals surface area contributed by atoms with Gasteiger partial charge in [-0.15, -0.1) is 0 Å². The van der Waals surface area contributed by atoms with Gasteiger partial charge in [0.25, 0.3) is 5.91 Å². The van der Waals surface area contributed by atoms with Crippen molar-refractivity contribution in [2.75, 3.05) is 19.7 Å². The molecule has 2 fully saturated rings. The highest BCUT2D eigenvalue weighted by atomic mass is 32.1. The van der Waals surface area contributed by atoms with Gasteiger partial charge < -0.3 is 19.7 Å². The molecule has 0 aromatic heterocycles. The summed E-state index contributed by atoms with van der Waals surface area (Å²) in [6.07, 6.45) is 8.05. The van der Waals surface area contributed by atoms with E-state index in [2.05, 4.69) is 17.6 Å². The van der Waals surface area contributed by atoms with Crippen molar-refractivity contribution in [3.05, 3.63) is 29.8 Å². The zero-order chi connectivity index (χ0) is 24.3. The van der Waals surface area contributed by atoms with Crippen molar-refractivity contribution in [1.82, 2.24) is 15.5 Å². The number of nitrogens with one attached hydrogen (secondary N) is 2. The fourth-order valence-electron chi connectivity index (χ4n) is 4.22. The summed E-state index contributed by atoms with van der Waals surface area (Å²) in [7, 11) is 0. The lowest BCUT2D eigenvalue weighted by molar-refractivity contribution is -0.153. The lowest BCUT2D eigenvalue weighted by Gasteiger charge is -2.36. The van der Waals surface area contributed by atoms with Crippen molar-refractivity contribution < 1.29 is 23.9 Å². The van der Waals surface area contributed by atoms with E-state index in [1.54, 1.807) is 29.2 Å². The largest absolute Gasteiger partial charge is 0.494 e. The Balaban J connectivity index is 1.54. The number of carbonyl (C=O) groups excluding carboxylic acids is 3. The normalized spacial score (nSPS) is 18.7. The van der Waals surface area contributed by atoms with Crippen molar-refractivity contribution in [1.29, 1.82) is 0 Å². The highest BCUT2D eigenvalue weighted by molar-refractivity contribution is 7.80. The summed E-state index contributed by atoms with van der Waals surface area (Å²) in [5.74, 6) is -0.382. The minimum Gasteiger partial charge on any atom is -0.494 e. The number of unbranched alkanes of at least 4 members (excludes halogenated alkanes) is 2. The third-order valence-electron chi connectivity index (χ3n) is 6.16. The first kappa shape index (κ1) is 25.9. The molecule has 9 heteroatoms. The van der Waals surface area contributed by atoms with E-state index < -0.39 is 12.0 Å². The number of ether oxygens (including phenoxy) is 2. The van der Waals surface area contributed by atoms with Crippen LogP contribution in [-0.4, -0.2) is 59.6 Å². The predicted octanol–water partition coefficient (Wildman–Crippen LogP) is 3.34. The van der Waals surface area contributed by atoms with Gasteiger partial charge in [0.05, 0.1) is 13.0 Å². The summed E-state index contributed by atoms with van der Waals surface area (Å²) in [5.41, 5.74) is 0.429. The van der Waals surface area contributed by atoms with Gasteiger partial charge in [-0.05, 0) is 68.6 Å². The first-order valence-corrected chi connectivity index (χ1v) is 12.7. The van der Waals surface area contributed by atoms with E-state index in [4.69, 9.17) is 21.7 Å². The smallest absolute Gasteiger partial charge is 0.308 e. The van der Waals surface area contributed by atoms with Crippen LogP contribution in [0.4, 0.5) is 0 Å². The van der Waals surface area contributed by atoms with Crippen LogP contribution in [-0.2, 0) is 14.3 Å². The van der Waals surface area contributed by atoms with Gasteiger partial charge >= 0.3 is 5.97 Å². The maximum absolute atomic E-state index is 12.7. The van der Waals surface area contributed by atoms with E-state index in [1.807, 2.05) is 0 Å². The molecular weight excluding hydrogens is 454 g/mol. The second kappa shape index (κ2) is 13.3. The number of carbonyl (C=O) groups is 3. The molecule has 0 bridgehead atoms. The van der Waals surface area contributed by atoms with E-state index in [1.165, 1.54) is 0 Å². The third-order valence-corrected chi connectivity index (χ3v) is 6.49. The molecule has 1 aliphatic heterocycles. The molecule has 2 N–H and O–H groups in total. The van der Waals surface area contributed by atoms with Crippen LogP contribution in [0.2, 0.25) is 0 Å². The van der Waals surface area contributed by atoms with Crippen molar-refractivity contribution in [3.8, 4) is 5.75 Å². The van der Waals surface area contributed by atoms with Crippen LogP contribution in [0.15, 0.2) is 24.3 Å². The van der Waals surface area contributed by atoms with Gasteiger partial charge in [0.2, 0.25) is 5.91 Å². The van der Waals surface area contributed by atoms with Crippen LogP contribution in [0.5, 0.6) is 5.75 Å². The molecule has 0 spiro atoms. The number of amides is 2. The molecule has 34 heavy (non-hydrogen) atoms. The van der Waals surface area contributed by atoms with Gasteiger partial charge in [-0.3, -0.25) is 19.7 Å². The zero-order valence-electron chi connectivity index (χ0n) is 19.8. The minimum absolute atomic E-state index is 0.0772. The average Bonchev–Trinajstić information content (AvgIpc) is 2.84. The Morgan fingerprint density at radius 3 is 2.59 bits per heavy atom. The molecule has 2 amide bonds. The van der Waals surface area contributed by atoms with Crippen LogP contribution >= 0.6 is 12.2 Å². The number of nitrogens with zero attached hydrogens (tertiary/aromatic N) is 1. The lowest BCUT2D eigenvalue weighted by Crippen LogP contribution is -2.60. The maximum Gasteiger partial charge on any atom is 0.308 e. The fraction of sp³-hybridized carbons (Fsp3) is 0.600. The quantitative estimate of drug-likeness (QED) is 0.312. The average molecular weight is 490 g/mol. The summed E-state index contributed by atoms with van der Waals surface area (Å²) in [5, 5.41) is 5.58. The van der Waals surface area contributed by atoms with E-state index in [9.17, 15) is 14.4 Å². The van der Waals surface area contributed by atoms with Crippen LogP contribution < -0.4 is 15.4 Å². The van der Waals surface area contributed by atoms with E-state index in [-0.39, 0.29) is 29.5 Å². The summed E-state index contributed by atoms with van der Waals surface area (Å²) in [4.78, 5) is 39.3. The molecule has 1 saturated heterocycles. The Kier molecular flexibility index (Phi) is 10.1. The molecule has 1 aromatic carbocycles. The van der Waals surface area contributed by atoms with Crippen LogP contribution in [0.25, 0.3) is 0 Å². The summed E-state index contributed by atoms with van der Waals surface area (Å²) < 4.78 is 11.3. The highest BCUT2D eigenvalue weighted by Gasteiger charge is 2.35. The van der Waals surface area contributed by atoms with E-state index >= 15 is 0 Å². The summed E-state index contributed by atoms with van der Waals surface area (Å²) in [6, 6.07) is 6.05. The molecule has 1 aliphatic carbocycles. The Morgan fingerprint density at radius 2 is 1.88 bits per heavy atom. The number of thiocarbonyl (C=S) groups is 1. The minimum atomic E-state index is -0.809. The number of hydrogen-bond donors (Lipinski definition) is 2. The van der Waals surface area contributed by atoms with Crippen LogP contribution in [0, 0.1) is 0 Å². The van der Waals surface area contributed by atoms with Crippen molar-refractivity contribution in [3.63, 3.8) is 0 Å². The zero-order valence-corrected chi connectivity index (χ0v) is 20.7. The SMILES string of the molecule is CCCCCOc1ccc(C(=O)NC(=S)N2CCNC(=O)C2CC(=O)OC2CCCCC2)cc1. The molecule has 8 nitrogen and oxygen atoms in total. The molecule has 1 atom stereocenters. The molecule has 3 rings (SSSR count). The van der Waals surface area contributed by atoms with Gasteiger partial charge in [-0.2, -0.15) is 0 Å². The van der Waals surface area contributed by atoms with Crippen LogP contribution in [0.3, 0.4) is 0 Å². The molecule has 1 aromatic rings. The van der Waals surface area contributed by atoms with Crippen molar-refractivity contribution in [2.45, 2.75) is 76.9 Å². The summed E-state index contributed by atoms with van der Waals surface area (Å²) >= 11 is 5.44. The van der Waals surface area contributed by atoms with Gasteiger partial charge in [0.1, 0.15) is 17.9 Å². The van der Waals surface area contributed by atoms with Gasteiger partial charge in [0.15, 0.2) is 5.11 Å². The molecular formula is C25H35N3O5S. The Bertz CT molecular complexity index is 855. The monoisotopic (exact) mass is 489 g/mol. The second-order valence-corrected chi connectivity index (χ2v) is 9.18. The molecule has 1 heterocycles. The Hall–Kier alpha value is -2.68. The molecule has 186 valence electrons. The first-order valence-electron chi connectivity index (χ1n) is 12.3. The number of rotatable bonds is 9. The number of benzene rings is 1. The third kappa shape index (κ3) is 7.68. The van der Waals surface area contributed by atoms with E-state index in [0.717, 1.165) is 51.4 Å². The predicted molar refractivity (Wildman–Crippen MR) is 133 cm³/mol. The molecule has 0 radical (unpaired) electrons. The van der Waals surface area contributed by atoms with Crippen molar-refractivity contribution >= 4 is 35.1 Å². The lowest BCUT2D eigenvalue weighted by atomic mass is 9.98. The van der Waals surface area contributed by atoms with Gasteiger partial charge in [0, 0.05) is 18.7 Å². The molecule has 2 aliphatic rings. The fourth-order valence-corrected chi connectivity index (χ4v) is 4.53. The summed E-state index contributed by atoms with van der Waals surface area (Å²) in [6.45, 7) is 3.56. The number of esters is 1. The van der Waals surface area contributed by atoms with Gasteiger partial charge in [-0.1, -0.05) is 26.2 Å². The standard InChI is InChI=1S/C25H35N3O5S/c1-2-3-7-16-32-19-12-10-18(11-13-19)23(30)27-25(34)28-15-14-26-24(31)21(28)17-22(29)33-20-8-5-4-6-9-20/h10-13,20-21H,2-9,14-17H2,1H3,(H,26,31)(H,27,30,34). The number of hydrogen-bond acceptors (Lipinski definition) is 6. The van der Waals surface area contributed by atoms with Crippen molar-refractivity contribution in [2.24, 2.45) is 0 Å². The second-order valence-electron chi connectivity index (χ2n) is 8.79. The maximum atomic E-state index is 12.7. The molecule has 1 unspecified atom stereocenters. The van der Waals surface area contributed by atoms with E-state index in [0.29, 0.717) is 31.0 Å². The topological polar surface area (TPSA) is 97.0 Å². The Morgan fingerprint density at radius 1 is 1.15 bits per heavy atom. The number of piperazine rings is 1. The highest BCUT2D eigenvalue weighted by Crippen LogP contribution is 2.21. The molecule has 1 saturated carbocycles. The Labute approximate surface area is 206 Å².